The number of nitrogens with one attached hydrogen (secondary N) is 1. The molecule has 1 rings (SSSR count). The Morgan fingerprint density at radius 1 is 0.950 bits per heavy atom. The number of rotatable bonds is 8. The molecular weight excluding hydrogens is 250 g/mol. The van der Waals surface area contributed by atoms with Crippen molar-refractivity contribution in [2.24, 2.45) is 5.92 Å². The Balaban J connectivity index is 2.61. The van der Waals surface area contributed by atoms with Gasteiger partial charge in [0.25, 0.3) is 0 Å². The monoisotopic (exact) mass is 279 g/mol. The summed E-state index contributed by atoms with van der Waals surface area (Å²) >= 11 is 0. The van der Waals surface area contributed by atoms with Crippen molar-refractivity contribution in [3.8, 4) is 0 Å². The van der Waals surface area contributed by atoms with Crippen LogP contribution in [0.5, 0.6) is 0 Å². The van der Waals surface area contributed by atoms with Crippen LogP contribution in [0.25, 0.3) is 0 Å². The third kappa shape index (κ3) is 5.23. The van der Waals surface area contributed by atoms with Gasteiger partial charge < -0.3 is 14.8 Å². The van der Waals surface area contributed by atoms with Gasteiger partial charge in [-0.1, -0.05) is 38.1 Å². The lowest BCUT2D eigenvalue weighted by Gasteiger charge is -2.26. The highest BCUT2D eigenvalue weighted by Crippen LogP contribution is 2.17. The zero-order valence-corrected chi connectivity index (χ0v) is 13.6. The Morgan fingerprint density at radius 3 is 1.95 bits per heavy atom. The molecule has 0 saturated carbocycles. The van der Waals surface area contributed by atoms with E-state index in [2.05, 4.69) is 57.3 Å². The Kier molecular flexibility index (Phi) is 7.20. The van der Waals surface area contributed by atoms with Crippen LogP contribution >= 0.6 is 0 Å². The van der Waals surface area contributed by atoms with Crippen LogP contribution in [0.1, 0.15) is 44.9 Å². The van der Waals surface area contributed by atoms with Crippen molar-refractivity contribution >= 4 is 0 Å². The summed E-state index contributed by atoms with van der Waals surface area (Å²) in [4.78, 5) is 0. The molecule has 2 unspecified atom stereocenters. The van der Waals surface area contributed by atoms with Crippen LogP contribution < -0.4 is 5.32 Å². The Labute approximate surface area is 123 Å². The van der Waals surface area contributed by atoms with Crippen molar-refractivity contribution in [3.63, 3.8) is 0 Å². The zero-order chi connectivity index (χ0) is 15.1. The van der Waals surface area contributed by atoms with Crippen LogP contribution in [0.3, 0.4) is 0 Å². The van der Waals surface area contributed by atoms with E-state index < -0.39 is 0 Å². The van der Waals surface area contributed by atoms with Crippen molar-refractivity contribution < 1.29 is 9.47 Å². The highest BCUT2D eigenvalue weighted by molar-refractivity contribution is 5.25. The van der Waals surface area contributed by atoms with E-state index in [4.69, 9.17) is 9.47 Å². The van der Waals surface area contributed by atoms with E-state index in [1.165, 1.54) is 11.1 Å². The average molecular weight is 279 g/mol. The van der Waals surface area contributed by atoms with Gasteiger partial charge in [0.05, 0.1) is 6.04 Å². The SMILES string of the molecule is COC(OC)C(C)NC(C)c1ccc(CC(C)C)cc1. The fourth-order valence-corrected chi connectivity index (χ4v) is 2.49. The van der Waals surface area contributed by atoms with Gasteiger partial charge >= 0.3 is 0 Å². The first-order valence-corrected chi connectivity index (χ1v) is 7.38. The quantitative estimate of drug-likeness (QED) is 0.738. The lowest BCUT2D eigenvalue weighted by Crippen LogP contribution is -2.40. The minimum atomic E-state index is -0.224. The van der Waals surface area contributed by atoms with Crippen LogP contribution in [0, 0.1) is 5.92 Å². The number of hydrogen-bond acceptors (Lipinski definition) is 3. The van der Waals surface area contributed by atoms with E-state index in [-0.39, 0.29) is 18.4 Å². The molecule has 1 N–H and O–H groups in total. The largest absolute Gasteiger partial charge is 0.354 e. The summed E-state index contributed by atoms with van der Waals surface area (Å²) in [7, 11) is 3.33. The van der Waals surface area contributed by atoms with Crippen molar-refractivity contribution in [1.29, 1.82) is 0 Å². The molecule has 0 aromatic heterocycles. The van der Waals surface area contributed by atoms with E-state index in [0.29, 0.717) is 5.92 Å². The summed E-state index contributed by atoms with van der Waals surface area (Å²) in [5.41, 5.74) is 2.69. The molecule has 1 aromatic rings. The van der Waals surface area contributed by atoms with E-state index in [1.54, 1.807) is 14.2 Å². The third-order valence-corrected chi connectivity index (χ3v) is 3.51. The van der Waals surface area contributed by atoms with Crippen LogP contribution in [-0.4, -0.2) is 26.6 Å². The first-order chi connectivity index (χ1) is 9.47. The molecule has 114 valence electrons. The van der Waals surface area contributed by atoms with Crippen molar-refractivity contribution in [2.45, 2.75) is 52.5 Å². The molecule has 0 spiro atoms. The maximum atomic E-state index is 5.28. The molecule has 0 aliphatic carbocycles. The molecule has 0 saturated heterocycles. The zero-order valence-electron chi connectivity index (χ0n) is 13.6. The Hall–Kier alpha value is -0.900. The van der Waals surface area contributed by atoms with Crippen molar-refractivity contribution in [1.82, 2.24) is 5.32 Å². The number of hydrogen-bond donors (Lipinski definition) is 1. The minimum Gasteiger partial charge on any atom is -0.354 e. The van der Waals surface area contributed by atoms with Gasteiger partial charge in [-0.15, -0.1) is 0 Å². The maximum Gasteiger partial charge on any atom is 0.171 e. The topological polar surface area (TPSA) is 30.5 Å². The molecule has 3 nitrogen and oxygen atoms in total. The van der Waals surface area contributed by atoms with Crippen LogP contribution in [-0.2, 0) is 15.9 Å². The van der Waals surface area contributed by atoms with E-state index >= 15 is 0 Å². The molecule has 2 atom stereocenters. The maximum absolute atomic E-state index is 5.28. The highest BCUT2D eigenvalue weighted by Gasteiger charge is 2.18. The summed E-state index contributed by atoms with van der Waals surface area (Å²) in [6.07, 6.45) is 0.908. The third-order valence-electron chi connectivity index (χ3n) is 3.51. The van der Waals surface area contributed by atoms with Gasteiger partial charge in [0.2, 0.25) is 0 Å². The fourth-order valence-electron chi connectivity index (χ4n) is 2.49. The Morgan fingerprint density at radius 2 is 1.50 bits per heavy atom. The summed E-state index contributed by atoms with van der Waals surface area (Å²) in [6.45, 7) is 8.72. The van der Waals surface area contributed by atoms with E-state index in [1.807, 2.05) is 0 Å². The lowest BCUT2D eigenvalue weighted by atomic mass is 9.99. The van der Waals surface area contributed by atoms with Gasteiger partial charge in [-0.05, 0) is 37.3 Å². The molecule has 0 radical (unpaired) electrons. The standard InChI is InChI=1S/C17H29NO2/c1-12(2)11-15-7-9-16(10-8-15)13(3)18-14(4)17(19-5)20-6/h7-10,12-14,17-18H,11H2,1-6H3. The fraction of sp³-hybridized carbons (Fsp3) is 0.647. The molecular formula is C17H29NO2. The van der Waals surface area contributed by atoms with Gasteiger partial charge in [0.1, 0.15) is 0 Å². The molecule has 3 heteroatoms. The number of methoxy groups -OCH3 is 2. The molecule has 0 aliphatic heterocycles. The molecule has 0 fully saturated rings. The van der Waals surface area contributed by atoms with E-state index in [9.17, 15) is 0 Å². The molecule has 0 amide bonds. The van der Waals surface area contributed by atoms with Gasteiger partial charge in [-0.2, -0.15) is 0 Å². The van der Waals surface area contributed by atoms with Crippen LogP contribution in [0.15, 0.2) is 24.3 Å². The second-order valence-electron chi connectivity index (χ2n) is 5.86. The van der Waals surface area contributed by atoms with Crippen LogP contribution in [0.2, 0.25) is 0 Å². The first-order valence-electron chi connectivity index (χ1n) is 7.38. The Bertz CT molecular complexity index is 371. The molecule has 0 aliphatic rings. The number of benzene rings is 1. The van der Waals surface area contributed by atoms with Gasteiger partial charge in [0, 0.05) is 20.3 Å². The molecule has 0 bridgehead atoms. The van der Waals surface area contributed by atoms with E-state index in [0.717, 1.165) is 6.42 Å². The molecule has 0 heterocycles. The smallest absolute Gasteiger partial charge is 0.171 e. The first kappa shape index (κ1) is 17.2. The predicted octanol–water partition coefficient (Wildman–Crippen LogP) is 3.54. The van der Waals surface area contributed by atoms with Gasteiger partial charge in [-0.3, -0.25) is 0 Å². The predicted molar refractivity (Wildman–Crippen MR) is 83.8 cm³/mol. The highest BCUT2D eigenvalue weighted by atomic mass is 16.7. The van der Waals surface area contributed by atoms with Crippen LogP contribution in [0.4, 0.5) is 0 Å². The van der Waals surface area contributed by atoms with Gasteiger partial charge in [-0.25, -0.2) is 0 Å². The summed E-state index contributed by atoms with van der Waals surface area (Å²) in [5.74, 6) is 0.695. The van der Waals surface area contributed by atoms with Crippen molar-refractivity contribution in [2.75, 3.05) is 14.2 Å². The van der Waals surface area contributed by atoms with Crippen molar-refractivity contribution in [3.05, 3.63) is 35.4 Å². The minimum absolute atomic E-state index is 0.135. The molecule has 1 aromatic carbocycles. The normalized spacial score (nSPS) is 14.8. The van der Waals surface area contributed by atoms with Gasteiger partial charge in [0.15, 0.2) is 6.29 Å². The summed E-state index contributed by atoms with van der Waals surface area (Å²) < 4.78 is 10.6. The summed E-state index contributed by atoms with van der Waals surface area (Å²) in [5, 5.41) is 3.51. The number of ether oxygens (including phenoxy) is 2. The average Bonchev–Trinajstić information content (AvgIpc) is 2.40. The lowest BCUT2D eigenvalue weighted by molar-refractivity contribution is -0.120. The summed E-state index contributed by atoms with van der Waals surface area (Å²) in [6, 6.07) is 9.26. The second kappa shape index (κ2) is 8.40. The second-order valence-corrected chi connectivity index (χ2v) is 5.86. The molecule has 20 heavy (non-hydrogen) atoms.